The summed E-state index contributed by atoms with van der Waals surface area (Å²) in [5.74, 6) is 3.21. The van der Waals surface area contributed by atoms with Gasteiger partial charge in [-0.15, -0.1) is 34.2 Å². The van der Waals surface area contributed by atoms with E-state index in [1.807, 2.05) is 0 Å². The second-order valence-electron chi connectivity index (χ2n) is 7.04. The van der Waals surface area contributed by atoms with Crippen LogP contribution in [0.25, 0.3) is 0 Å². The van der Waals surface area contributed by atoms with Gasteiger partial charge < -0.3 is 20.5 Å². The predicted octanol–water partition coefficient (Wildman–Crippen LogP) is 1.39. The Labute approximate surface area is 178 Å². The topological polar surface area (TPSA) is 96.2 Å². The van der Waals surface area contributed by atoms with Crippen LogP contribution in [0.3, 0.4) is 0 Å². The summed E-state index contributed by atoms with van der Waals surface area (Å²) >= 11 is 0. The molecule has 2 aliphatic heterocycles. The minimum Gasteiger partial charge on any atom is -0.357 e. The lowest BCUT2D eigenvalue weighted by Gasteiger charge is -2.25. The monoisotopic (exact) mass is 489 g/mol. The van der Waals surface area contributed by atoms with Crippen LogP contribution in [0, 0.1) is 0 Å². The number of carbonyl (C=O) groups is 1. The van der Waals surface area contributed by atoms with Gasteiger partial charge in [-0.2, -0.15) is 0 Å². The molecule has 3 heterocycles. The number of piperidine rings is 1. The average molecular weight is 489 g/mol. The van der Waals surface area contributed by atoms with Crippen LogP contribution in [0.5, 0.6) is 0 Å². The first-order chi connectivity index (χ1) is 12.8. The molecule has 0 aromatic carbocycles. The summed E-state index contributed by atoms with van der Waals surface area (Å²) in [4.78, 5) is 16.0. The van der Waals surface area contributed by atoms with Crippen LogP contribution < -0.4 is 16.0 Å². The number of carbonyl (C=O) groups excluding carboxylic acids is 1. The van der Waals surface area contributed by atoms with Crippen LogP contribution in [-0.2, 0) is 24.2 Å². The molecule has 1 atom stereocenters. The number of hydrogen-bond acceptors (Lipinski definition) is 4. The van der Waals surface area contributed by atoms with Gasteiger partial charge in [0.25, 0.3) is 0 Å². The molecule has 2 aliphatic rings. The molecule has 8 nitrogen and oxygen atoms in total. The Morgan fingerprint density at radius 2 is 2.19 bits per heavy atom. The van der Waals surface area contributed by atoms with Crippen LogP contribution in [0.2, 0.25) is 0 Å². The van der Waals surface area contributed by atoms with Gasteiger partial charge in [-0.05, 0) is 32.6 Å². The Morgan fingerprint density at radius 1 is 1.30 bits per heavy atom. The Balaban J connectivity index is 0.00000261. The van der Waals surface area contributed by atoms with E-state index in [0.717, 1.165) is 62.9 Å². The first-order valence-electron chi connectivity index (χ1n) is 9.98. The quantitative estimate of drug-likeness (QED) is 0.243. The maximum absolute atomic E-state index is 11.3. The molecular formula is C18H32IN7O. The number of amides is 1. The maximum Gasteiger partial charge on any atom is 0.220 e. The molecule has 3 N–H and O–H groups in total. The van der Waals surface area contributed by atoms with Crippen LogP contribution in [0.15, 0.2) is 4.99 Å². The molecule has 1 aromatic rings. The summed E-state index contributed by atoms with van der Waals surface area (Å²) in [5, 5.41) is 18.4. The molecule has 1 aromatic heterocycles. The summed E-state index contributed by atoms with van der Waals surface area (Å²) < 4.78 is 2.31. The fourth-order valence-electron chi connectivity index (χ4n) is 3.53. The highest BCUT2D eigenvalue weighted by Crippen LogP contribution is 2.15. The number of halogens is 1. The van der Waals surface area contributed by atoms with Crippen molar-refractivity contribution in [1.29, 1.82) is 0 Å². The molecule has 3 rings (SSSR count). The van der Waals surface area contributed by atoms with E-state index in [1.165, 1.54) is 19.3 Å². The first-order valence-corrected chi connectivity index (χ1v) is 9.98. The first kappa shape index (κ1) is 21.9. The summed E-state index contributed by atoms with van der Waals surface area (Å²) in [5.41, 5.74) is 0. The van der Waals surface area contributed by atoms with E-state index in [9.17, 15) is 4.79 Å². The number of fused-ring (bicyclic) bond motifs is 1. The molecular weight excluding hydrogens is 457 g/mol. The molecule has 0 spiro atoms. The van der Waals surface area contributed by atoms with Crippen molar-refractivity contribution in [2.24, 2.45) is 4.99 Å². The lowest BCUT2D eigenvalue weighted by atomic mass is 10.1. The molecule has 1 fully saturated rings. The van der Waals surface area contributed by atoms with Gasteiger partial charge in [0, 0.05) is 51.5 Å². The summed E-state index contributed by atoms with van der Waals surface area (Å²) in [6.45, 7) is 5.35. The smallest absolute Gasteiger partial charge is 0.220 e. The Hall–Kier alpha value is -1.39. The molecule has 9 heteroatoms. The minimum absolute atomic E-state index is 0. The normalized spacial score (nSPS) is 20.1. The molecule has 1 unspecified atom stereocenters. The molecule has 0 saturated carbocycles. The van der Waals surface area contributed by atoms with E-state index >= 15 is 0 Å². The number of nitrogens with zero attached hydrogens (tertiary/aromatic N) is 4. The zero-order valence-corrected chi connectivity index (χ0v) is 18.5. The van der Waals surface area contributed by atoms with Crippen molar-refractivity contribution in [2.75, 3.05) is 19.6 Å². The van der Waals surface area contributed by atoms with Crippen LogP contribution in [0.4, 0.5) is 0 Å². The van der Waals surface area contributed by atoms with Gasteiger partial charge >= 0.3 is 0 Å². The molecule has 27 heavy (non-hydrogen) atoms. The highest BCUT2D eigenvalue weighted by atomic mass is 127. The number of nitrogens with one attached hydrogen (secondary N) is 3. The third-order valence-electron chi connectivity index (χ3n) is 4.97. The van der Waals surface area contributed by atoms with E-state index in [2.05, 4.69) is 42.6 Å². The van der Waals surface area contributed by atoms with E-state index < -0.39 is 0 Å². The summed E-state index contributed by atoms with van der Waals surface area (Å²) in [6.07, 6.45) is 8.08. The van der Waals surface area contributed by atoms with Gasteiger partial charge in [-0.25, -0.2) is 0 Å². The maximum atomic E-state index is 11.3. The number of guanidine groups is 1. The van der Waals surface area contributed by atoms with Crippen molar-refractivity contribution in [1.82, 2.24) is 30.7 Å². The van der Waals surface area contributed by atoms with Gasteiger partial charge in [-0.1, -0.05) is 6.42 Å². The highest BCUT2D eigenvalue weighted by Gasteiger charge is 2.18. The fourth-order valence-corrected chi connectivity index (χ4v) is 3.53. The standard InChI is InChI=1S/C18H31N7O.HI/c1-2-19-18(22-14-9-10-17(26)21-13-14)20-11-6-8-16-24-23-15-7-4-3-5-12-25(15)16;/h14H,2-13H2,1H3,(H,21,26)(H2,19,20,22);1H. The zero-order chi connectivity index (χ0) is 18.2. The van der Waals surface area contributed by atoms with Gasteiger partial charge in [-0.3, -0.25) is 9.79 Å². The van der Waals surface area contributed by atoms with Crippen molar-refractivity contribution in [3.63, 3.8) is 0 Å². The zero-order valence-electron chi connectivity index (χ0n) is 16.2. The Bertz CT molecular complexity index is 621. The van der Waals surface area contributed by atoms with E-state index in [1.54, 1.807) is 0 Å². The fraction of sp³-hybridized carbons (Fsp3) is 0.778. The molecule has 0 radical (unpaired) electrons. The molecule has 0 aliphatic carbocycles. The number of hydrogen-bond donors (Lipinski definition) is 3. The van der Waals surface area contributed by atoms with Crippen molar-refractivity contribution in [3.05, 3.63) is 11.6 Å². The molecule has 152 valence electrons. The van der Waals surface area contributed by atoms with Crippen LogP contribution >= 0.6 is 24.0 Å². The van der Waals surface area contributed by atoms with E-state index in [4.69, 9.17) is 0 Å². The van der Waals surface area contributed by atoms with Crippen molar-refractivity contribution in [3.8, 4) is 0 Å². The summed E-state index contributed by atoms with van der Waals surface area (Å²) in [7, 11) is 0. The van der Waals surface area contributed by atoms with Crippen LogP contribution in [-0.4, -0.2) is 52.3 Å². The highest BCUT2D eigenvalue weighted by molar-refractivity contribution is 14.0. The number of aliphatic imine (C=N–C) groups is 1. The third kappa shape index (κ3) is 6.62. The van der Waals surface area contributed by atoms with Gasteiger partial charge in [0.1, 0.15) is 11.6 Å². The number of rotatable bonds is 6. The van der Waals surface area contributed by atoms with Gasteiger partial charge in [0.15, 0.2) is 5.96 Å². The van der Waals surface area contributed by atoms with Crippen molar-refractivity contribution < 1.29 is 4.79 Å². The largest absolute Gasteiger partial charge is 0.357 e. The Morgan fingerprint density at radius 3 is 2.96 bits per heavy atom. The lowest BCUT2D eigenvalue weighted by molar-refractivity contribution is -0.122. The average Bonchev–Trinajstić information content (AvgIpc) is 2.87. The van der Waals surface area contributed by atoms with E-state index in [-0.39, 0.29) is 35.9 Å². The third-order valence-corrected chi connectivity index (χ3v) is 4.97. The Kier molecular flexibility index (Phi) is 9.29. The SMILES string of the molecule is CCNC(=NCCCc1nnc2n1CCCCC2)NC1CCC(=O)NC1.I. The van der Waals surface area contributed by atoms with Crippen molar-refractivity contribution in [2.45, 2.75) is 70.9 Å². The van der Waals surface area contributed by atoms with Crippen molar-refractivity contribution >= 4 is 35.8 Å². The second kappa shape index (κ2) is 11.5. The number of aromatic nitrogens is 3. The summed E-state index contributed by atoms with van der Waals surface area (Å²) in [6, 6.07) is 0.248. The van der Waals surface area contributed by atoms with Gasteiger partial charge in [0.2, 0.25) is 5.91 Å². The lowest BCUT2D eigenvalue weighted by Crippen LogP contribution is -2.51. The molecule has 1 amide bonds. The van der Waals surface area contributed by atoms with E-state index in [0.29, 0.717) is 13.0 Å². The predicted molar refractivity (Wildman–Crippen MR) is 116 cm³/mol. The molecule has 0 bridgehead atoms. The minimum atomic E-state index is 0. The second-order valence-corrected chi connectivity index (χ2v) is 7.04. The van der Waals surface area contributed by atoms with Crippen LogP contribution in [0.1, 0.15) is 57.1 Å². The van der Waals surface area contributed by atoms with Gasteiger partial charge in [0.05, 0.1) is 0 Å². The molecule has 1 saturated heterocycles. The number of aryl methyl sites for hydroxylation is 2.